The first kappa shape index (κ1) is 15.6. The van der Waals surface area contributed by atoms with Gasteiger partial charge in [-0.25, -0.2) is 0 Å². The molecule has 0 aliphatic rings. The molecule has 1 unspecified atom stereocenters. The lowest BCUT2D eigenvalue weighted by Gasteiger charge is -2.23. The number of alkyl halides is 4. The summed E-state index contributed by atoms with van der Waals surface area (Å²) in [5.41, 5.74) is 0. The van der Waals surface area contributed by atoms with E-state index in [1.54, 1.807) is 0 Å². The topological polar surface area (TPSA) is 26.3 Å². The Balaban J connectivity index is 4.14. The summed E-state index contributed by atoms with van der Waals surface area (Å²) in [4.78, 5) is 10.2. The van der Waals surface area contributed by atoms with E-state index in [1.165, 1.54) is 6.92 Å². The Morgan fingerprint density at radius 1 is 1.27 bits per heavy atom. The van der Waals surface area contributed by atoms with Gasteiger partial charge < -0.3 is 4.74 Å². The first-order chi connectivity index (χ1) is 6.69. The molecule has 0 aliphatic heterocycles. The molecule has 15 heavy (non-hydrogen) atoms. The molecule has 0 spiro atoms. The minimum Gasteiger partial charge on any atom is -0.464 e. The van der Waals surface area contributed by atoms with Gasteiger partial charge in [0.15, 0.2) is 3.79 Å². The Kier molecular flexibility index (Phi) is 6.65. The van der Waals surface area contributed by atoms with E-state index in [4.69, 9.17) is 51.1 Å². The van der Waals surface area contributed by atoms with Gasteiger partial charge in [0.05, 0.1) is 6.61 Å². The predicted octanol–water partition coefficient (Wildman–Crippen LogP) is 4.09. The summed E-state index contributed by atoms with van der Waals surface area (Å²) in [7, 11) is 0. The maximum Gasteiger partial charge on any atom is 0.327 e. The van der Waals surface area contributed by atoms with Gasteiger partial charge in [-0.2, -0.15) is 0 Å². The second kappa shape index (κ2) is 6.39. The molecule has 0 aromatic heterocycles. The largest absolute Gasteiger partial charge is 0.464 e. The summed E-state index contributed by atoms with van der Waals surface area (Å²) >= 11 is 22.6. The molecule has 0 radical (unpaired) electrons. The van der Waals surface area contributed by atoms with Crippen molar-refractivity contribution in [3.8, 4) is 0 Å². The average Bonchev–Trinajstić information content (AvgIpc) is 2.00. The van der Waals surface area contributed by atoms with Crippen LogP contribution >= 0.6 is 46.4 Å². The van der Waals surface area contributed by atoms with Gasteiger partial charge in [-0.15, -0.1) is 11.6 Å². The number of unbranched alkanes of at least 4 members (excludes halogenated alkanes) is 1. The summed E-state index contributed by atoms with van der Waals surface area (Å²) < 4.78 is 3.39. The smallest absolute Gasteiger partial charge is 0.327 e. The zero-order valence-electron chi connectivity index (χ0n) is 8.66. The van der Waals surface area contributed by atoms with E-state index in [2.05, 4.69) is 0 Å². The van der Waals surface area contributed by atoms with E-state index in [0.29, 0.717) is 6.61 Å². The van der Waals surface area contributed by atoms with Crippen LogP contribution in [0.5, 0.6) is 0 Å². The zero-order valence-corrected chi connectivity index (χ0v) is 11.7. The van der Waals surface area contributed by atoms with Gasteiger partial charge in [0, 0.05) is 6.42 Å². The summed E-state index contributed by atoms with van der Waals surface area (Å²) in [6.07, 6.45) is 1.65. The monoisotopic (exact) mass is 294 g/mol. The van der Waals surface area contributed by atoms with Crippen molar-refractivity contribution in [1.29, 1.82) is 0 Å². The molecule has 6 heteroatoms. The number of carbonyl (C=O) groups excluding carboxylic acids is 1. The third-order valence-corrected chi connectivity index (χ3v) is 2.38. The van der Waals surface area contributed by atoms with E-state index >= 15 is 0 Å². The lowest BCUT2D eigenvalue weighted by Crippen LogP contribution is -2.35. The van der Waals surface area contributed by atoms with Crippen LogP contribution in [0.4, 0.5) is 0 Å². The fourth-order valence-corrected chi connectivity index (χ4v) is 2.17. The van der Waals surface area contributed by atoms with Gasteiger partial charge in [-0.3, -0.25) is 4.79 Å². The first-order valence-corrected chi connectivity index (χ1v) is 6.13. The van der Waals surface area contributed by atoms with Crippen LogP contribution in [0.15, 0.2) is 0 Å². The van der Waals surface area contributed by atoms with E-state index in [1.807, 2.05) is 6.92 Å². The zero-order chi connectivity index (χ0) is 12.1. The molecule has 0 bridgehead atoms. The Morgan fingerprint density at radius 3 is 2.20 bits per heavy atom. The number of rotatable bonds is 5. The van der Waals surface area contributed by atoms with Crippen LogP contribution in [0.2, 0.25) is 0 Å². The fourth-order valence-electron chi connectivity index (χ4n) is 0.908. The summed E-state index contributed by atoms with van der Waals surface area (Å²) in [6.45, 7) is 3.82. The number of carbonyl (C=O) groups is 1. The van der Waals surface area contributed by atoms with E-state index in [0.717, 1.165) is 12.8 Å². The molecule has 0 amide bonds. The van der Waals surface area contributed by atoms with Crippen molar-refractivity contribution in [1.82, 2.24) is 0 Å². The highest BCUT2D eigenvalue weighted by atomic mass is 35.6. The molecule has 0 aromatic carbocycles. The minimum atomic E-state index is -1.56. The molecule has 0 rings (SSSR count). The van der Waals surface area contributed by atoms with Crippen molar-refractivity contribution < 1.29 is 9.53 Å². The molecule has 0 saturated heterocycles. The van der Waals surface area contributed by atoms with Gasteiger partial charge in [-0.1, -0.05) is 48.1 Å². The average molecular weight is 296 g/mol. The molecule has 0 saturated carbocycles. The van der Waals surface area contributed by atoms with Crippen LogP contribution in [0.25, 0.3) is 0 Å². The normalized spacial score (nSPS) is 15.9. The Morgan fingerprint density at radius 2 is 1.80 bits per heavy atom. The summed E-state index contributed by atoms with van der Waals surface area (Å²) in [5.74, 6) is -0.552. The fraction of sp³-hybridized carbons (Fsp3) is 0.889. The highest BCUT2D eigenvalue weighted by Crippen LogP contribution is 2.38. The Labute approximate surface area is 110 Å². The number of ether oxygens (including phenoxy) is 1. The van der Waals surface area contributed by atoms with E-state index in [9.17, 15) is 4.79 Å². The maximum atomic E-state index is 11.5. The van der Waals surface area contributed by atoms with Gasteiger partial charge in [-0.05, 0) is 13.3 Å². The van der Waals surface area contributed by atoms with Crippen LogP contribution in [0.1, 0.15) is 33.1 Å². The van der Waals surface area contributed by atoms with Crippen molar-refractivity contribution in [2.24, 2.45) is 0 Å². The predicted molar refractivity (Wildman–Crippen MR) is 65.0 cm³/mol. The second-order valence-corrected chi connectivity index (χ2v) is 6.83. The van der Waals surface area contributed by atoms with Crippen molar-refractivity contribution in [3.05, 3.63) is 0 Å². The van der Waals surface area contributed by atoms with Crippen LogP contribution in [0, 0.1) is 0 Å². The maximum absolute atomic E-state index is 11.5. The lowest BCUT2D eigenvalue weighted by atomic mass is 10.1. The van der Waals surface area contributed by atoms with E-state index < -0.39 is 14.6 Å². The third-order valence-electron chi connectivity index (χ3n) is 1.69. The Hall–Kier alpha value is 0.630. The van der Waals surface area contributed by atoms with Gasteiger partial charge in [0.1, 0.15) is 4.87 Å². The Bertz CT molecular complexity index is 211. The lowest BCUT2D eigenvalue weighted by molar-refractivity contribution is -0.146. The third kappa shape index (κ3) is 7.51. The number of hydrogen-bond acceptors (Lipinski definition) is 2. The van der Waals surface area contributed by atoms with Crippen molar-refractivity contribution >= 4 is 52.4 Å². The van der Waals surface area contributed by atoms with Crippen molar-refractivity contribution in [3.63, 3.8) is 0 Å². The van der Waals surface area contributed by atoms with Crippen molar-refractivity contribution in [2.45, 2.75) is 41.8 Å². The molecule has 0 N–H and O–H groups in total. The van der Waals surface area contributed by atoms with E-state index in [-0.39, 0.29) is 6.42 Å². The first-order valence-electron chi connectivity index (χ1n) is 4.62. The molecule has 0 aliphatic carbocycles. The number of halogens is 4. The molecule has 1 atom stereocenters. The van der Waals surface area contributed by atoms with Crippen LogP contribution in [-0.2, 0) is 9.53 Å². The second-order valence-electron chi connectivity index (χ2n) is 3.48. The minimum absolute atomic E-state index is 0.0861. The van der Waals surface area contributed by atoms with Gasteiger partial charge >= 0.3 is 5.97 Å². The van der Waals surface area contributed by atoms with Gasteiger partial charge in [0.2, 0.25) is 0 Å². The van der Waals surface area contributed by atoms with Gasteiger partial charge in [0.25, 0.3) is 0 Å². The summed E-state index contributed by atoms with van der Waals surface area (Å²) in [5, 5.41) is 0. The molecule has 90 valence electrons. The SMILES string of the molecule is CCCCOC(=O)C(C)(Cl)CC(Cl)(Cl)Cl. The van der Waals surface area contributed by atoms with Crippen LogP contribution in [-0.4, -0.2) is 21.2 Å². The highest BCUT2D eigenvalue weighted by Gasteiger charge is 2.40. The summed E-state index contributed by atoms with van der Waals surface area (Å²) in [6, 6.07) is 0. The molecule has 0 aromatic rings. The molecule has 2 nitrogen and oxygen atoms in total. The number of esters is 1. The number of hydrogen-bond donors (Lipinski definition) is 0. The van der Waals surface area contributed by atoms with Crippen LogP contribution < -0.4 is 0 Å². The highest BCUT2D eigenvalue weighted by molar-refractivity contribution is 6.67. The molecule has 0 fully saturated rings. The standard InChI is InChI=1S/C9H14Cl4O2/c1-3-4-5-15-7(14)8(2,10)6-9(11,12)13/h3-6H2,1-2H3. The quantitative estimate of drug-likeness (QED) is 0.434. The molecule has 0 heterocycles. The van der Waals surface area contributed by atoms with Crippen molar-refractivity contribution in [2.75, 3.05) is 6.61 Å². The molecular weight excluding hydrogens is 282 g/mol. The van der Waals surface area contributed by atoms with Crippen LogP contribution in [0.3, 0.4) is 0 Å². The molecular formula is C9H14Cl4O2.